The molecule has 2 aromatic carbocycles. The van der Waals surface area contributed by atoms with E-state index in [2.05, 4.69) is 83.1 Å². The standard InChI is InChI=1S/C17H20N6O2S.C17H22N4O2S/c1-12(13-2-3-15-16(8-13)25-11-24-15)22-4-6-23(7-5-22)17-20-14(10-26-17)9-19-21-18;1-12(13-2-3-15-16(8-13)23-11-22-15)20-4-6-21(7-5-20)17-19-14(9-18)10-24-17/h2-3,8,10,12H,4-7,9,11H2,1H3;2-3,8,10,12H,4-7,9,11,18H2,1H3. The first-order chi connectivity index (χ1) is 24.5. The van der Waals surface area contributed by atoms with E-state index in [9.17, 15) is 0 Å². The Balaban J connectivity index is 0.000000157. The number of rotatable bonds is 9. The SMILES string of the molecule is CC(c1ccc2c(c1)OCO2)N1CCN(c2nc(CN)cs2)CC1.CC(c1ccc2c(c1)OCO2)N1CCN(c2nc(CN=[N+]=[N-])cs2)CC1. The largest absolute Gasteiger partial charge is 0.454 e. The van der Waals surface area contributed by atoms with Gasteiger partial charge >= 0.3 is 0 Å². The van der Waals surface area contributed by atoms with E-state index in [1.54, 1.807) is 22.7 Å². The number of ether oxygens (including phenoxy) is 4. The highest BCUT2D eigenvalue weighted by molar-refractivity contribution is 7.14. The van der Waals surface area contributed by atoms with Crippen molar-refractivity contribution in [2.24, 2.45) is 10.8 Å². The molecule has 6 heterocycles. The number of anilines is 2. The molecule has 0 amide bonds. The molecule has 2 unspecified atom stereocenters. The van der Waals surface area contributed by atoms with E-state index in [4.69, 9.17) is 30.2 Å². The van der Waals surface area contributed by atoms with Gasteiger partial charge in [-0.1, -0.05) is 17.2 Å². The van der Waals surface area contributed by atoms with Crippen LogP contribution in [0.15, 0.2) is 52.3 Å². The van der Waals surface area contributed by atoms with E-state index in [0.717, 1.165) is 97.0 Å². The zero-order chi connectivity index (χ0) is 34.5. The number of hydrogen-bond acceptors (Lipinski definition) is 14. The van der Waals surface area contributed by atoms with Crippen LogP contribution < -0.4 is 34.5 Å². The minimum Gasteiger partial charge on any atom is -0.454 e. The summed E-state index contributed by atoms with van der Waals surface area (Å²) in [4.78, 5) is 21.6. The van der Waals surface area contributed by atoms with Crippen LogP contribution in [0.25, 0.3) is 10.4 Å². The third kappa shape index (κ3) is 7.70. The quantitative estimate of drug-likeness (QED) is 0.127. The summed E-state index contributed by atoms with van der Waals surface area (Å²) in [5.74, 6) is 3.36. The minimum atomic E-state index is 0.307. The van der Waals surface area contributed by atoms with Crippen LogP contribution >= 0.6 is 22.7 Å². The number of fused-ring (bicyclic) bond motifs is 2. The van der Waals surface area contributed by atoms with Gasteiger partial charge < -0.3 is 34.5 Å². The van der Waals surface area contributed by atoms with Crippen molar-refractivity contribution in [2.45, 2.75) is 39.0 Å². The molecule has 2 aromatic heterocycles. The molecule has 0 radical (unpaired) electrons. The maximum absolute atomic E-state index is 8.41. The fourth-order valence-corrected chi connectivity index (χ4v) is 8.28. The molecule has 0 bridgehead atoms. The van der Waals surface area contributed by atoms with Crippen molar-refractivity contribution in [3.8, 4) is 23.0 Å². The lowest BCUT2D eigenvalue weighted by Gasteiger charge is -2.38. The lowest BCUT2D eigenvalue weighted by Crippen LogP contribution is -2.47. The number of hydrogen-bond donors (Lipinski definition) is 1. The Kier molecular flexibility index (Phi) is 10.7. The predicted octanol–water partition coefficient (Wildman–Crippen LogP) is 5.78. The van der Waals surface area contributed by atoms with Gasteiger partial charge in [-0.05, 0) is 54.8 Å². The van der Waals surface area contributed by atoms with Crippen molar-refractivity contribution >= 4 is 32.9 Å². The Morgan fingerprint density at radius 2 is 1.18 bits per heavy atom. The first-order valence-corrected chi connectivity index (χ1v) is 18.6. The Morgan fingerprint density at radius 3 is 1.64 bits per heavy atom. The van der Waals surface area contributed by atoms with Crippen LogP contribution in [0, 0.1) is 0 Å². The zero-order valence-electron chi connectivity index (χ0n) is 28.3. The molecule has 4 aliphatic heterocycles. The van der Waals surface area contributed by atoms with Crippen molar-refractivity contribution in [3.05, 3.63) is 80.1 Å². The van der Waals surface area contributed by atoms with Crippen LogP contribution in [-0.2, 0) is 13.1 Å². The van der Waals surface area contributed by atoms with Gasteiger partial charge in [-0.3, -0.25) is 9.80 Å². The highest BCUT2D eigenvalue weighted by atomic mass is 32.1. The Hall–Kier alpha value is -4.31. The summed E-state index contributed by atoms with van der Waals surface area (Å²) in [5.41, 5.74) is 18.4. The average Bonchev–Trinajstić information content (AvgIpc) is 4.00. The second kappa shape index (κ2) is 15.7. The molecule has 4 aromatic rings. The number of aromatic nitrogens is 2. The molecule has 0 aliphatic carbocycles. The second-order valence-electron chi connectivity index (χ2n) is 12.5. The average molecular weight is 719 g/mol. The van der Waals surface area contributed by atoms with Gasteiger partial charge in [0.2, 0.25) is 13.6 Å². The summed E-state index contributed by atoms with van der Waals surface area (Å²) in [7, 11) is 0. The highest BCUT2D eigenvalue weighted by Gasteiger charge is 2.27. The summed E-state index contributed by atoms with van der Waals surface area (Å²) in [6.45, 7) is 13.8. The monoisotopic (exact) mass is 718 g/mol. The molecule has 4 aliphatic rings. The van der Waals surface area contributed by atoms with E-state index >= 15 is 0 Å². The predicted molar refractivity (Wildman–Crippen MR) is 195 cm³/mol. The van der Waals surface area contributed by atoms with Crippen molar-refractivity contribution in [1.82, 2.24) is 19.8 Å². The highest BCUT2D eigenvalue weighted by Crippen LogP contribution is 2.37. The summed E-state index contributed by atoms with van der Waals surface area (Å²) in [6.07, 6.45) is 0. The van der Waals surface area contributed by atoms with Gasteiger partial charge in [0.1, 0.15) is 0 Å². The van der Waals surface area contributed by atoms with Crippen LogP contribution in [0.1, 0.15) is 48.4 Å². The van der Waals surface area contributed by atoms with Crippen LogP contribution in [0.5, 0.6) is 23.0 Å². The molecule has 2 N–H and O–H groups in total. The number of azide groups is 1. The van der Waals surface area contributed by atoms with Gasteiger partial charge in [-0.2, -0.15) is 0 Å². The summed E-state index contributed by atoms with van der Waals surface area (Å²) in [6, 6.07) is 13.1. The first kappa shape index (κ1) is 34.2. The molecule has 0 saturated carbocycles. The van der Waals surface area contributed by atoms with Gasteiger partial charge in [-0.15, -0.1) is 22.7 Å². The fourth-order valence-electron chi connectivity index (χ4n) is 6.52. The summed E-state index contributed by atoms with van der Waals surface area (Å²) < 4.78 is 21.8. The lowest BCUT2D eigenvalue weighted by molar-refractivity contribution is 0.173. The Morgan fingerprint density at radius 1 is 0.720 bits per heavy atom. The molecule has 2 fully saturated rings. The molecule has 264 valence electrons. The molecule has 8 rings (SSSR count). The van der Waals surface area contributed by atoms with E-state index < -0.39 is 0 Å². The Labute approximate surface area is 299 Å². The maximum atomic E-state index is 8.41. The minimum absolute atomic E-state index is 0.307. The van der Waals surface area contributed by atoms with Gasteiger partial charge in [-0.25, -0.2) is 9.97 Å². The number of nitrogens with two attached hydrogens (primary N) is 1. The fraction of sp³-hybridized carbons (Fsp3) is 0.471. The van der Waals surface area contributed by atoms with Crippen molar-refractivity contribution in [2.75, 3.05) is 75.7 Å². The zero-order valence-corrected chi connectivity index (χ0v) is 29.9. The van der Waals surface area contributed by atoms with Crippen molar-refractivity contribution in [3.63, 3.8) is 0 Å². The third-order valence-electron chi connectivity index (χ3n) is 9.61. The van der Waals surface area contributed by atoms with Gasteiger partial charge in [0.05, 0.1) is 17.9 Å². The topological polar surface area (TPSA) is 150 Å². The van der Waals surface area contributed by atoms with Gasteiger partial charge in [0.25, 0.3) is 0 Å². The molecule has 0 spiro atoms. The van der Waals surface area contributed by atoms with E-state index in [1.807, 2.05) is 17.5 Å². The second-order valence-corrected chi connectivity index (χ2v) is 14.1. The van der Waals surface area contributed by atoms with Crippen LogP contribution in [0.2, 0.25) is 0 Å². The van der Waals surface area contributed by atoms with E-state index in [1.165, 1.54) is 11.1 Å². The summed E-state index contributed by atoms with van der Waals surface area (Å²) >= 11 is 3.29. The first-order valence-electron chi connectivity index (χ1n) is 16.9. The van der Waals surface area contributed by atoms with E-state index in [0.29, 0.717) is 38.8 Å². The molecular weight excluding hydrogens is 677 g/mol. The van der Waals surface area contributed by atoms with Crippen LogP contribution in [0.3, 0.4) is 0 Å². The molecule has 16 heteroatoms. The number of piperazine rings is 2. The molecule has 2 atom stereocenters. The molecular formula is C34H42N10O4S2. The summed E-state index contributed by atoms with van der Waals surface area (Å²) in [5, 5.41) is 9.68. The smallest absolute Gasteiger partial charge is 0.231 e. The van der Waals surface area contributed by atoms with E-state index in [-0.39, 0.29) is 0 Å². The van der Waals surface area contributed by atoms with Gasteiger partial charge in [0, 0.05) is 86.7 Å². The molecule has 50 heavy (non-hydrogen) atoms. The van der Waals surface area contributed by atoms with Crippen molar-refractivity contribution < 1.29 is 18.9 Å². The Bertz CT molecular complexity index is 1800. The normalized spacial score (nSPS) is 18.3. The lowest BCUT2D eigenvalue weighted by atomic mass is 10.1. The maximum Gasteiger partial charge on any atom is 0.231 e. The molecule has 2 saturated heterocycles. The third-order valence-corrected chi connectivity index (χ3v) is 11.5. The van der Waals surface area contributed by atoms with Crippen molar-refractivity contribution in [1.29, 1.82) is 0 Å². The van der Waals surface area contributed by atoms with Crippen LogP contribution in [0.4, 0.5) is 10.3 Å². The number of benzene rings is 2. The van der Waals surface area contributed by atoms with Crippen LogP contribution in [-0.4, -0.2) is 85.7 Å². The number of nitrogens with zero attached hydrogens (tertiary/aromatic N) is 9. The van der Waals surface area contributed by atoms with Gasteiger partial charge in [0.15, 0.2) is 33.3 Å². The number of thiazole rings is 2. The molecule has 14 nitrogen and oxygen atoms in total.